The lowest BCUT2D eigenvalue weighted by Gasteiger charge is -2.47. The lowest BCUT2D eigenvalue weighted by atomic mass is 9.67. The first-order chi connectivity index (χ1) is 5.29. The third-order valence-electron chi connectivity index (χ3n) is 3.62. The normalized spacial score (nSPS) is 64.5. The van der Waals surface area contributed by atoms with Gasteiger partial charge in [0.2, 0.25) is 0 Å². The molecule has 0 N–H and O–H groups in total. The molecule has 0 amide bonds. The largest absolute Gasteiger partial charge is 0.121 e. The molecule has 0 heterocycles. The van der Waals surface area contributed by atoms with Gasteiger partial charge in [-0.1, -0.05) is 12.2 Å². The minimum atomic E-state index is 0.251. The Morgan fingerprint density at radius 2 is 1.36 bits per heavy atom. The molecule has 6 atom stereocenters. The van der Waals surface area contributed by atoms with Crippen molar-refractivity contribution in [3.8, 4) is 0 Å². The van der Waals surface area contributed by atoms with Gasteiger partial charge in [0, 0.05) is 0 Å². The average Bonchev–Trinajstić information content (AvgIpc) is 2.58. The Balaban J connectivity index is 1.96. The Morgan fingerprint density at radius 1 is 0.909 bits per heavy atom. The minimum Gasteiger partial charge on any atom is -0.121 e. The molecule has 3 aliphatic rings. The van der Waals surface area contributed by atoms with Crippen LogP contribution in [0.4, 0.5) is 0 Å². The molecule has 2 saturated carbocycles. The molecule has 0 nitrogen and oxygen atoms in total. The summed E-state index contributed by atoms with van der Waals surface area (Å²) in [4.78, 5) is 0. The van der Waals surface area contributed by atoms with E-state index in [9.17, 15) is 0 Å². The first-order valence-electron chi connectivity index (χ1n) is 4.25. The Kier molecular flexibility index (Phi) is 1.22. The first kappa shape index (κ1) is 6.80. The van der Waals surface area contributed by atoms with Gasteiger partial charge in [-0.15, -0.1) is 23.2 Å². The summed E-state index contributed by atoms with van der Waals surface area (Å²) in [7, 11) is 0. The summed E-state index contributed by atoms with van der Waals surface area (Å²) in [5.74, 6) is 2.97. The lowest BCUT2D eigenvalue weighted by Crippen LogP contribution is -2.51. The third-order valence-corrected chi connectivity index (χ3v) is 4.88. The molecule has 60 valence electrons. The van der Waals surface area contributed by atoms with E-state index in [0.29, 0.717) is 11.8 Å². The number of rotatable bonds is 0. The molecule has 2 heteroatoms. The van der Waals surface area contributed by atoms with Crippen molar-refractivity contribution in [1.29, 1.82) is 0 Å². The van der Waals surface area contributed by atoms with E-state index in [1.807, 2.05) is 0 Å². The summed E-state index contributed by atoms with van der Waals surface area (Å²) in [6.45, 7) is 0. The maximum absolute atomic E-state index is 6.13. The van der Waals surface area contributed by atoms with Gasteiger partial charge in [0.15, 0.2) is 0 Å². The fraction of sp³-hybridized carbons (Fsp3) is 0.778. The smallest absolute Gasteiger partial charge is 0.0539 e. The predicted octanol–water partition coefficient (Wildman–Crippen LogP) is 2.65. The predicted molar refractivity (Wildman–Crippen MR) is 47.0 cm³/mol. The van der Waals surface area contributed by atoms with Crippen LogP contribution in [0, 0.1) is 23.7 Å². The Hall–Kier alpha value is 0.320. The Labute approximate surface area is 76.6 Å². The highest BCUT2D eigenvalue weighted by molar-refractivity contribution is 6.31. The van der Waals surface area contributed by atoms with Crippen LogP contribution < -0.4 is 0 Å². The van der Waals surface area contributed by atoms with Crippen LogP contribution in [-0.4, -0.2) is 10.8 Å². The van der Waals surface area contributed by atoms with Crippen LogP contribution in [0.2, 0.25) is 0 Å². The number of halogens is 2. The van der Waals surface area contributed by atoms with E-state index in [2.05, 4.69) is 12.2 Å². The fourth-order valence-electron chi connectivity index (χ4n) is 3.07. The summed E-state index contributed by atoms with van der Waals surface area (Å²) in [5, 5.41) is 0.503. The molecular weight excluding hydrogens is 179 g/mol. The molecule has 0 saturated heterocycles. The molecular formula is C9H10Cl2. The maximum Gasteiger partial charge on any atom is 0.0539 e. The summed E-state index contributed by atoms with van der Waals surface area (Å²) >= 11 is 12.3. The highest BCUT2D eigenvalue weighted by Gasteiger charge is 2.60. The number of hydrogen-bond donors (Lipinski definition) is 0. The van der Waals surface area contributed by atoms with Crippen LogP contribution >= 0.6 is 23.2 Å². The van der Waals surface area contributed by atoms with Crippen molar-refractivity contribution in [3.63, 3.8) is 0 Å². The molecule has 0 aromatic rings. The molecule has 3 rings (SSSR count). The molecule has 11 heavy (non-hydrogen) atoms. The molecule has 3 aliphatic carbocycles. The van der Waals surface area contributed by atoms with Gasteiger partial charge in [0.1, 0.15) is 0 Å². The van der Waals surface area contributed by atoms with Crippen molar-refractivity contribution in [2.75, 3.05) is 0 Å². The van der Waals surface area contributed by atoms with Gasteiger partial charge in [-0.25, -0.2) is 0 Å². The first-order valence-corrected chi connectivity index (χ1v) is 5.13. The van der Waals surface area contributed by atoms with E-state index in [1.54, 1.807) is 0 Å². The second-order valence-electron chi connectivity index (χ2n) is 3.99. The second kappa shape index (κ2) is 1.97. The van der Waals surface area contributed by atoms with Crippen LogP contribution in [0.1, 0.15) is 6.42 Å². The summed E-state index contributed by atoms with van der Waals surface area (Å²) in [6, 6.07) is 0. The van der Waals surface area contributed by atoms with Gasteiger partial charge in [-0.05, 0) is 30.1 Å². The SMILES string of the molecule is ClC1C(Cl)C2C3C=CC(C3)C12. The Bertz CT molecular complexity index is 202. The van der Waals surface area contributed by atoms with Crippen molar-refractivity contribution in [2.24, 2.45) is 23.7 Å². The zero-order chi connectivity index (χ0) is 7.59. The zero-order valence-electron chi connectivity index (χ0n) is 6.08. The third kappa shape index (κ3) is 0.643. The lowest BCUT2D eigenvalue weighted by molar-refractivity contribution is 0.177. The number of fused-ring (bicyclic) bond motifs is 5. The molecule has 0 aromatic carbocycles. The summed E-state index contributed by atoms with van der Waals surface area (Å²) < 4.78 is 0. The molecule has 0 aromatic heterocycles. The van der Waals surface area contributed by atoms with E-state index >= 15 is 0 Å². The Morgan fingerprint density at radius 3 is 1.82 bits per heavy atom. The van der Waals surface area contributed by atoms with Gasteiger partial charge in [-0.3, -0.25) is 0 Å². The van der Waals surface area contributed by atoms with Gasteiger partial charge in [-0.2, -0.15) is 0 Å². The molecule has 2 fully saturated rings. The quantitative estimate of drug-likeness (QED) is 0.406. The fourth-order valence-corrected chi connectivity index (χ4v) is 4.12. The van der Waals surface area contributed by atoms with E-state index in [-0.39, 0.29) is 10.8 Å². The second-order valence-corrected chi connectivity index (χ2v) is 5.00. The average molecular weight is 189 g/mol. The van der Waals surface area contributed by atoms with Crippen molar-refractivity contribution in [3.05, 3.63) is 12.2 Å². The van der Waals surface area contributed by atoms with Crippen molar-refractivity contribution in [2.45, 2.75) is 17.2 Å². The van der Waals surface area contributed by atoms with Gasteiger partial charge in [0.05, 0.1) is 10.8 Å². The van der Waals surface area contributed by atoms with Crippen molar-refractivity contribution < 1.29 is 0 Å². The minimum absolute atomic E-state index is 0.251. The van der Waals surface area contributed by atoms with E-state index < -0.39 is 0 Å². The van der Waals surface area contributed by atoms with Crippen LogP contribution in [0.5, 0.6) is 0 Å². The van der Waals surface area contributed by atoms with E-state index in [1.165, 1.54) is 6.42 Å². The number of hydrogen-bond acceptors (Lipinski definition) is 0. The number of allylic oxidation sites excluding steroid dienone is 2. The summed E-state index contributed by atoms with van der Waals surface area (Å²) in [6.07, 6.45) is 6.00. The highest BCUT2D eigenvalue weighted by Crippen LogP contribution is 2.61. The number of alkyl halides is 2. The van der Waals surface area contributed by atoms with Crippen LogP contribution in [0.25, 0.3) is 0 Å². The molecule has 0 radical (unpaired) electrons. The zero-order valence-corrected chi connectivity index (χ0v) is 7.59. The van der Waals surface area contributed by atoms with Crippen LogP contribution in [0.15, 0.2) is 12.2 Å². The topological polar surface area (TPSA) is 0 Å². The van der Waals surface area contributed by atoms with Crippen LogP contribution in [-0.2, 0) is 0 Å². The van der Waals surface area contributed by atoms with E-state index in [0.717, 1.165) is 11.8 Å². The molecule has 0 spiro atoms. The summed E-state index contributed by atoms with van der Waals surface area (Å²) in [5.41, 5.74) is 0. The van der Waals surface area contributed by atoms with Gasteiger partial charge >= 0.3 is 0 Å². The van der Waals surface area contributed by atoms with Gasteiger partial charge < -0.3 is 0 Å². The standard InChI is InChI=1S/C9H10Cl2/c10-8-6-4-1-2-5(3-4)7(6)9(8)11/h1-2,4-9H,3H2. The molecule has 6 unspecified atom stereocenters. The van der Waals surface area contributed by atoms with Gasteiger partial charge in [0.25, 0.3) is 0 Å². The van der Waals surface area contributed by atoms with Crippen LogP contribution in [0.3, 0.4) is 0 Å². The molecule has 0 aliphatic heterocycles. The van der Waals surface area contributed by atoms with Crippen molar-refractivity contribution in [1.82, 2.24) is 0 Å². The van der Waals surface area contributed by atoms with E-state index in [4.69, 9.17) is 23.2 Å². The van der Waals surface area contributed by atoms with Crippen molar-refractivity contribution >= 4 is 23.2 Å². The highest BCUT2D eigenvalue weighted by atomic mass is 35.5. The molecule has 2 bridgehead atoms. The monoisotopic (exact) mass is 188 g/mol. The maximum atomic E-state index is 6.13.